The average Bonchev–Trinajstić information content (AvgIpc) is 3.33. The molecule has 0 bridgehead atoms. The van der Waals surface area contributed by atoms with Gasteiger partial charge in [0.15, 0.2) is 0 Å². The molecule has 0 unspecified atom stereocenters. The van der Waals surface area contributed by atoms with Crippen molar-refractivity contribution >= 4 is 17.7 Å². The van der Waals surface area contributed by atoms with Crippen molar-refractivity contribution < 1.29 is 14.3 Å². The molecule has 2 amide bonds. The lowest BCUT2D eigenvalue weighted by molar-refractivity contribution is -0.125. The van der Waals surface area contributed by atoms with E-state index < -0.39 is 12.1 Å². The van der Waals surface area contributed by atoms with Gasteiger partial charge in [-0.2, -0.15) is 0 Å². The fraction of sp³-hybridized carbons (Fsp3) is 0.440. The van der Waals surface area contributed by atoms with Crippen LogP contribution in [0.2, 0.25) is 0 Å². The molecule has 2 aromatic carbocycles. The Bertz CT molecular complexity index is 912. The summed E-state index contributed by atoms with van der Waals surface area (Å²) in [5.74, 6) is -0.118. The van der Waals surface area contributed by atoms with Gasteiger partial charge < -0.3 is 19.9 Å². The van der Waals surface area contributed by atoms with Crippen LogP contribution in [0.5, 0.6) is 0 Å². The third kappa shape index (κ3) is 5.40. The molecule has 2 heterocycles. The van der Waals surface area contributed by atoms with Crippen molar-refractivity contribution in [2.75, 3.05) is 44.7 Å². The highest BCUT2D eigenvalue weighted by Gasteiger charge is 2.35. The highest BCUT2D eigenvalue weighted by atomic mass is 16.6. The van der Waals surface area contributed by atoms with Crippen LogP contribution < -0.4 is 10.2 Å². The Morgan fingerprint density at radius 3 is 2.47 bits per heavy atom. The Labute approximate surface area is 189 Å². The Hall–Kier alpha value is -3.06. The van der Waals surface area contributed by atoms with E-state index >= 15 is 0 Å². The van der Waals surface area contributed by atoms with Crippen molar-refractivity contribution in [2.45, 2.75) is 32.0 Å². The molecule has 0 spiro atoms. The normalized spacial score (nSPS) is 19.1. The SMILES string of the molecule is CN1CCN(c2ccccc2CNC(=O)[C@@H]2CCCN2C(=O)OCc2ccccc2)CC1. The van der Waals surface area contributed by atoms with E-state index in [0.29, 0.717) is 19.5 Å². The molecule has 170 valence electrons. The summed E-state index contributed by atoms with van der Waals surface area (Å²) in [6.45, 7) is 5.22. The van der Waals surface area contributed by atoms with Crippen LogP contribution >= 0.6 is 0 Å². The number of nitrogens with one attached hydrogen (secondary N) is 1. The van der Waals surface area contributed by atoms with Gasteiger partial charge >= 0.3 is 6.09 Å². The van der Waals surface area contributed by atoms with Gasteiger partial charge in [0.05, 0.1) is 0 Å². The average molecular weight is 437 g/mol. The molecule has 1 atom stereocenters. The summed E-state index contributed by atoms with van der Waals surface area (Å²) in [7, 11) is 2.14. The highest BCUT2D eigenvalue weighted by Crippen LogP contribution is 2.23. The lowest BCUT2D eigenvalue weighted by Gasteiger charge is -2.35. The number of hydrogen-bond acceptors (Lipinski definition) is 5. The lowest BCUT2D eigenvalue weighted by atomic mass is 10.1. The number of carbonyl (C=O) groups is 2. The summed E-state index contributed by atoms with van der Waals surface area (Å²) in [5, 5.41) is 3.06. The molecule has 2 aliphatic rings. The van der Waals surface area contributed by atoms with Crippen LogP contribution in [0.3, 0.4) is 0 Å². The molecule has 4 rings (SSSR count). The minimum Gasteiger partial charge on any atom is -0.445 e. The molecule has 2 aliphatic heterocycles. The number of nitrogens with zero attached hydrogens (tertiary/aromatic N) is 3. The first-order valence-electron chi connectivity index (χ1n) is 11.4. The highest BCUT2D eigenvalue weighted by molar-refractivity contribution is 5.86. The molecule has 2 fully saturated rings. The van der Waals surface area contributed by atoms with Crippen LogP contribution in [0.1, 0.15) is 24.0 Å². The fourth-order valence-electron chi connectivity index (χ4n) is 4.38. The third-order valence-corrected chi connectivity index (χ3v) is 6.28. The van der Waals surface area contributed by atoms with Crippen LogP contribution in [0.4, 0.5) is 10.5 Å². The second-order valence-electron chi connectivity index (χ2n) is 8.53. The van der Waals surface area contributed by atoms with Crippen LogP contribution in [-0.2, 0) is 22.7 Å². The number of hydrogen-bond donors (Lipinski definition) is 1. The molecule has 2 saturated heterocycles. The van der Waals surface area contributed by atoms with Crippen LogP contribution in [-0.4, -0.2) is 67.6 Å². The minimum atomic E-state index is -0.478. The first kappa shape index (κ1) is 22.1. The summed E-state index contributed by atoms with van der Waals surface area (Å²) >= 11 is 0. The van der Waals surface area contributed by atoms with Gasteiger partial charge in [0.2, 0.25) is 5.91 Å². The summed E-state index contributed by atoms with van der Waals surface area (Å²) < 4.78 is 5.46. The smallest absolute Gasteiger partial charge is 0.410 e. The standard InChI is InChI=1S/C25H32N4O3/c1-27-14-16-28(17-15-27)22-11-6-5-10-21(22)18-26-24(30)23-12-7-13-29(23)25(31)32-19-20-8-3-2-4-9-20/h2-6,8-11,23H,7,12-19H2,1H3,(H,26,30)/t23-/m0/s1. The molecular formula is C25H32N4O3. The Morgan fingerprint density at radius 1 is 0.969 bits per heavy atom. The van der Waals surface area contributed by atoms with Gasteiger partial charge in [-0.25, -0.2) is 4.79 Å². The largest absolute Gasteiger partial charge is 0.445 e. The molecule has 0 saturated carbocycles. The van der Waals surface area contributed by atoms with Crippen molar-refractivity contribution in [3.8, 4) is 0 Å². The van der Waals surface area contributed by atoms with Crippen molar-refractivity contribution in [3.63, 3.8) is 0 Å². The number of piperazine rings is 1. The maximum atomic E-state index is 13.0. The molecule has 1 N–H and O–H groups in total. The number of ether oxygens (including phenoxy) is 1. The van der Waals surface area contributed by atoms with Gasteiger partial charge in [0, 0.05) is 45.0 Å². The lowest BCUT2D eigenvalue weighted by Crippen LogP contribution is -2.46. The van der Waals surface area contributed by atoms with Crippen LogP contribution in [0, 0.1) is 0 Å². The van der Waals surface area contributed by atoms with Crippen molar-refractivity contribution in [3.05, 3.63) is 65.7 Å². The number of para-hydroxylation sites is 1. The minimum absolute atomic E-state index is 0.118. The molecule has 0 aliphatic carbocycles. The van der Waals surface area contributed by atoms with Gasteiger partial charge in [0.25, 0.3) is 0 Å². The predicted molar refractivity (Wildman–Crippen MR) is 124 cm³/mol. The fourth-order valence-corrected chi connectivity index (χ4v) is 4.38. The molecule has 0 aromatic heterocycles. The molecule has 7 heteroatoms. The second kappa shape index (κ2) is 10.5. The monoisotopic (exact) mass is 436 g/mol. The van der Waals surface area contributed by atoms with E-state index in [-0.39, 0.29) is 12.5 Å². The number of anilines is 1. The van der Waals surface area contributed by atoms with E-state index in [1.807, 2.05) is 42.5 Å². The quantitative estimate of drug-likeness (QED) is 0.754. The maximum Gasteiger partial charge on any atom is 0.410 e. The number of benzene rings is 2. The molecule has 2 aromatic rings. The molecule has 7 nitrogen and oxygen atoms in total. The zero-order chi connectivity index (χ0) is 22.3. The predicted octanol–water partition coefficient (Wildman–Crippen LogP) is 2.86. The van der Waals surface area contributed by atoms with Gasteiger partial charge in [-0.15, -0.1) is 0 Å². The van der Waals surface area contributed by atoms with Gasteiger partial charge in [-0.05, 0) is 37.1 Å². The summed E-state index contributed by atoms with van der Waals surface area (Å²) in [6.07, 6.45) is 1.03. The summed E-state index contributed by atoms with van der Waals surface area (Å²) in [6, 6.07) is 17.3. The maximum absolute atomic E-state index is 13.0. The van der Waals surface area contributed by atoms with Gasteiger partial charge in [-0.3, -0.25) is 9.69 Å². The Balaban J connectivity index is 1.33. The van der Waals surface area contributed by atoms with E-state index in [1.54, 1.807) is 4.90 Å². The zero-order valence-electron chi connectivity index (χ0n) is 18.7. The van der Waals surface area contributed by atoms with E-state index in [9.17, 15) is 9.59 Å². The van der Waals surface area contributed by atoms with E-state index in [0.717, 1.165) is 43.7 Å². The summed E-state index contributed by atoms with van der Waals surface area (Å²) in [5.41, 5.74) is 3.20. The van der Waals surface area contributed by atoms with Crippen molar-refractivity contribution in [2.24, 2.45) is 0 Å². The molecule has 32 heavy (non-hydrogen) atoms. The molecular weight excluding hydrogens is 404 g/mol. The van der Waals surface area contributed by atoms with Gasteiger partial charge in [-0.1, -0.05) is 48.5 Å². The van der Waals surface area contributed by atoms with Crippen molar-refractivity contribution in [1.29, 1.82) is 0 Å². The van der Waals surface area contributed by atoms with E-state index in [4.69, 9.17) is 4.74 Å². The van der Waals surface area contributed by atoms with Crippen LogP contribution in [0.15, 0.2) is 54.6 Å². The van der Waals surface area contributed by atoms with E-state index in [2.05, 4.69) is 34.3 Å². The number of likely N-dealkylation sites (tertiary alicyclic amines) is 1. The molecule has 0 radical (unpaired) electrons. The number of carbonyl (C=O) groups excluding carboxylic acids is 2. The number of rotatable bonds is 6. The number of likely N-dealkylation sites (N-methyl/N-ethyl adjacent to an activating group) is 1. The first-order chi connectivity index (χ1) is 15.6. The number of amides is 2. The zero-order valence-corrected chi connectivity index (χ0v) is 18.7. The second-order valence-corrected chi connectivity index (χ2v) is 8.53. The summed E-state index contributed by atoms with van der Waals surface area (Å²) in [4.78, 5) is 31.8. The Kier molecular flexibility index (Phi) is 7.27. The topological polar surface area (TPSA) is 65.1 Å². The Morgan fingerprint density at radius 2 is 1.69 bits per heavy atom. The van der Waals surface area contributed by atoms with Gasteiger partial charge in [0.1, 0.15) is 12.6 Å². The first-order valence-corrected chi connectivity index (χ1v) is 11.4. The van der Waals surface area contributed by atoms with E-state index in [1.165, 1.54) is 5.69 Å². The van der Waals surface area contributed by atoms with Crippen molar-refractivity contribution in [1.82, 2.24) is 15.1 Å². The van der Waals surface area contributed by atoms with Crippen LogP contribution in [0.25, 0.3) is 0 Å². The third-order valence-electron chi connectivity index (χ3n) is 6.28.